The molecule has 0 atom stereocenters. The second-order valence-corrected chi connectivity index (χ2v) is 5.71. The predicted octanol–water partition coefficient (Wildman–Crippen LogP) is 2.40. The van der Waals surface area contributed by atoms with Gasteiger partial charge >= 0.3 is 0 Å². The van der Waals surface area contributed by atoms with E-state index in [4.69, 9.17) is 0 Å². The fraction of sp³-hybridized carbons (Fsp3) is 0.615. The van der Waals surface area contributed by atoms with Crippen LogP contribution in [0.4, 0.5) is 0 Å². The molecule has 94 valence electrons. The van der Waals surface area contributed by atoms with Crippen molar-refractivity contribution in [3.8, 4) is 0 Å². The van der Waals surface area contributed by atoms with E-state index in [0.29, 0.717) is 6.04 Å². The van der Waals surface area contributed by atoms with Crippen LogP contribution in [-0.4, -0.2) is 29.0 Å². The van der Waals surface area contributed by atoms with Gasteiger partial charge in [0.15, 0.2) is 0 Å². The van der Waals surface area contributed by atoms with Crippen LogP contribution in [0, 0.1) is 0 Å². The van der Waals surface area contributed by atoms with Gasteiger partial charge in [-0.3, -0.25) is 4.90 Å². The number of thiazole rings is 1. The number of hydrogen-bond acceptors (Lipinski definition) is 4. The van der Waals surface area contributed by atoms with Gasteiger partial charge in [-0.25, -0.2) is 4.98 Å². The largest absolute Gasteiger partial charge is 0.308 e. The molecular weight excluding hydrogens is 230 g/mol. The van der Waals surface area contributed by atoms with Crippen molar-refractivity contribution in [2.45, 2.75) is 39.4 Å². The fourth-order valence-electron chi connectivity index (χ4n) is 1.86. The Morgan fingerprint density at radius 3 is 3.06 bits per heavy atom. The van der Waals surface area contributed by atoms with Gasteiger partial charge < -0.3 is 5.32 Å². The minimum absolute atomic E-state index is 0.523. The summed E-state index contributed by atoms with van der Waals surface area (Å²) in [5.41, 5.74) is 1.21. The lowest BCUT2D eigenvalue weighted by Gasteiger charge is -2.21. The molecule has 0 aliphatic carbocycles. The van der Waals surface area contributed by atoms with Gasteiger partial charge in [-0.2, -0.15) is 0 Å². The Morgan fingerprint density at radius 1 is 1.47 bits per heavy atom. The molecule has 2 heterocycles. The Balaban J connectivity index is 1.83. The zero-order valence-corrected chi connectivity index (χ0v) is 11.5. The third-order valence-corrected chi connectivity index (χ3v) is 3.69. The highest BCUT2D eigenvalue weighted by Crippen LogP contribution is 2.13. The van der Waals surface area contributed by atoms with E-state index >= 15 is 0 Å². The first kappa shape index (κ1) is 12.7. The first-order valence-corrected chi connectivity index (χ1v) is 7.16. The summed E-state index contributed by atoms with van der Waals surface area (Å²) in [6.07, 6.45) is 5.68. The van der Waals surface area contributed by atoms with Gasteiger partial charge in [-0.15, -0.1) is 11.3 Å². The highest BCUT2D eigenvalue weighted by Gasteiger charge is 2.09. The highest BCUT2D eigenvalue weighted by molar-refractivity contribution is 7.09. The monoisotopic (exact) mass is 251 g/mol. The van der Waals surface area contributed by atoms with Crippen LogP contribution in [0.15, 0.2) is 17.5 Å². The quantitative estimate of drug-likeness (QED) is 0.815. The normalized spacial score (nSPS) is 16.9. The molecule has 0 amide bonds. The van der Waals surface area contributed by atoms with Crippen LogP contribution in [0.3, 0.4) is 0 Å². The van der Waals surface area contributed by atoms with Crippen LogP contribution in [-0.2, 0) is 13.1 Å². The van der Waals surface area contributed by atoms with Gasteiger partial charge in [-0.1, -0.05) is 26.0 Å². The Morgan fingerprint density at radius 2 is 2.35 bits per heavy atom. The summed E-state index contributed by atoms with van der Waals surface area (Å²) in [6.45, 7) is 8.43. The molecule has 0 radical (unpaired) electrons. The molecule has 0 spiro atoms. The van der Waals surface area contributed by atoms with E-state index in [9.17, 15) is 0 Å². The van der Waals surface area contributed by atoms with Gasteiger partial charge in [-0.05, 0) is 6.42 Å². The standard InChI is InChI=1S/C13H21N3S/c1-11(2)14-8-13-15-12(10-17-13)9-16-6-4-3-5-7-16/h3-4,10-11,14H,5-9H2,1-2H3. The van der Waals surface area contributed by atoms with E-state index in [1.165, 1.54) is 17.1 Å². The van der Waals surface area contributed by atoms with Gasteiger partial charge in [0.05, 0.1) is 5.69 Å². The van der Waals surface area contributed by atoms with Crippen molar-refractivity contribution in [3.05, 3.63) is 28.2 Å². The number of rotatable bonds is 5. The summed E-state index contributed by atoms with van der Waals surface area (Å²) in [4.78, 5) is 7.11. The van der Waals surface area contributed by atoms with Crippen molar-refractivity contribution in [3.63, 3.8) is 0 Å². The van der Waals surface area contributed by atoms with Crippen LogP contribution in [0.2, 0.25) is 0 Å². The summed E-state index contributed by atoms with van der Waals surface area (Å²) in [6, 6.07) is 0.523. The third-order valence-electron chi connectivity index (χ3n) is 2.79. The van der Waals surface area contributed by atoms with Gasteiger partial charge in [0.2, 0.25) is 0 Å². The number of nitrogens with zero attached hydrogens (tertiary/aromatic N) is 2. The molecule has 4 heteroatoms. The van der Waals surface area contributed by atoms with E-state index in [-0.39, 0.29) is 0 Å². The molecular formula is C13H21N3S. The molecule has 0 saturated carbocycles. The maximum absolute atomic E-state index is 4.67. The minimum atomic E-state index is 0.523. The van der Waals surface area contributed by atoms with Crippen LogP contribution in [0.5, 0.6) is 0 Å². The van der Waals surface area contributed by atoms with Gasteiger partial charge in [0.25, 0.3) is 0 Å². The summed E-state index contributed by atoms with van der Waals surface area (Å²) in [5.74, 6) is 0. The minimum Gasteiger partial charge on any atom is -0.308 e. The van der Waals surface area contributed by atoms with Crippen LogP contribution in [0.1, 0.15) is 31.0 Å². The van der Waals surface area contributed by atoms with E-state index in [0.717, 1.165) is 26.2 Å². The lowest BCUT2D eigenvalue weighted by molar-refractivity contribution is 0.287. The van der Waals surface area contributed by atoms with Crippen LogP contribution < -0.4 is 5.32 Å². The molecule has 1 N–H and O–H groups in total. The predicted molar refractivity (Wildman–Crippen MR) is 73.1 cm³/mol. The van der Waals surface area contributed by atoms with E-state index in [1.54, 1.807) is 11.3 Å². The van der Waals surface area contributed by atoms with Gasteiger partial charge in [0, 0.05) is 37.6 Å². The fourth-order valence-corrected chi connectivity index (χ4v) is 2.59. The summed E-state index contributed by atoms with van der Waals surface area (Å²) >= 11 is 1.76. The summed E-state index contributed by atoms with van der Waals surface area (Å²) in [7, 11) is 0. The molecule has 17 heavy (non-hydrogen) atoms. The maximum Gasteiger partial charge on any atom is 0.107 e. The van der Waals surface area contributed by atoms with Crippen molar-refractivity contribution in [2.75, 3.05) is 13.1 Å². The SMILES string of the molecule is CC(C)NCc1nc(CN2CC=CCC2)cs1. The van der Waals surface area contributed by atoms with E-state index < -0.39 is 0 Å². The topological polar surface area (TPSA) is 28.2 Å². The first-order valence-electron chi connectivity index (χ1n) is 6.28. The Labute approximate surface area is 108 Å². The number of aromatic nitrogens is 1. The van der Waals surface area contributed by atoms with Crippen LogP contribution in [0.25, 0.3) is 0 Å². The highest BCUT2D eigenvalue weighted by atomic mass is 32.1. The average Bonchev–Trinajstić information content (AvgIpc) is 2.75. The molecule has 0 saturated heterocycles. The second-order valence-electron chi connectivity index (χ2n) is 4.76. The molecule has 0 bridgehead atoms. The molecule has 0 fully saturated rings. The molecule has 1 aromatic heterocycles. The molecule has 2 rings (SSSR count). The molecule has 1 aliphatic rings. The van der Waals surface area contributed by atoms with Crippen molar-refractivity contribution >= 4 is 11.3 Å². The second kappa shape index (κ2) is 6.28. The van der Waals surface area contributed by atoms with Crippen molar-refractivity contribution in [1.29, 1.82) is 0 Å². The van der Waals surface area contributed by atoms with E-state index in [2.05, 4.69) is 46.6 Å². The number of hydrogen-bond donors (Lipinski definition) is 1. The van der Waals surface area contributed by atoms with E-state index in [1.807, 2.05) is 0 Å². The molecule has 1 aromatic rings. The zero-order valence-electron chi connectivity index (χ0n) is 10.6. The summed E-state index contributed by atoms with van der Waals surface area (Å²) in [5, 5.41) is 6.79. The van der Waals surface area contributed by atoms with Crippen molar-refractivity contribution in [1.82, 2.24) is 15.2 Å². The van der Waals surface area contributed by atoms with Crippen molar-refractivity contribution < 1.29 is 0 Å². The Kier molecular flexibility index (Phi) is 4.71. The third kappa shape index (κ3) is 4.22. The molecule has 0 unspecified atom stereocenters. The Bertz CT molecular complexity index is 370. The Hall–Kier alpha value is -0.710. The smallest absolute Gasteiger partial charge is 0.107 e. The van der Waals surface area contributed by atoms with Crippen LogP contribution >= 0.6 is 11.3 Å². The lowest BCUT2D eigenvalue weighted by Crippen LogP contribution is -2.26. The molecule has 3 nitrogen and oxygen atoms in total. The average molecular weight is 251 g/mol. The first-order chi connectivity index (χ1) is 8.24. The zero-order chi connectivity index (χ0) is 12.1. The maximum atomic E-state index is 4.67. The lowest BCUT2D eigenvalue weighted by atomic mass is 10.2. The summed E-state index contributed by atoms with van der Waals surface area (Å²) < 4.78 is 0. The van der Waals surface area contributed by atoms with Crippen molar-refractivity contribution in [2.24, 2.45) is 0 Å². The molecule has 1 aliphatic heterocycles. The number of nitrogens with one attached hydrogen (secondary N) is 1. The molecule has 0 aromatic carbocycles. The van der Waals surface area contributed by atoms with Gasteiger partial charge in [0.1, 0.15) is 5.01 Å².